The van der Waals surface area contributed by atoms with Crippen molar-refractivity contribution in [2.24, 2.45) is 0 Å². The molecule has 6 heterocycles. The molecule has 6 N–H and O–H groups in total. The summed E-state index contributed by atoms with van der Waals surface area (Å²) >= 11 is 13.4. The fourth-order valence-electron chi connectivity index (χ4n) is 7.88. The lowest BCUT2D eigenvalue weighted by atomic mass is 10.1. The van der Waals surface area contributed by atoms with E-state index in [-0.39, 0.29) is 56.6 Å². The fraction of sp³-hybridized carbons (Fsp3) is 0.220. The fourth-order valence-corrected chi connectivity index (χ4v) is 11.7. The summed E-state index contributed by atoms with van der Waals surface area (Å²) in [5.74, 6) is -0.486. The second-order valence-electron chi connectivity index (χ2n) is 17.1. The Morgan fingerprint density at radius 2 is 1.21 bits per heavy atom. The van der Waals surface area contributed by atoms with Gasteiger partial charge in [0.05, 0.1) is 39.0 Å². The van der Waals surface area contributed by atoms with Crippen LogP contribution in [0.25, 0.3) is 22.0 Å². The van der Waals surface area contributed by atoms with Crippen molar-refractivity contribution in [3.8, 4) is 45.2 Å². The monoisotopic (exact) mass is 1130 g/mol. The van der Waals surface area contributed by atoms with Crippen LogP contribution in [0.4, 0.5) is 32.1 Å². The van der Waals surface area contributed by atoms with Crippen LogP contribution in [-0.4, -0.2) is 90.0 Å². The zero-order chi connectivity index (χ0) is 53.1. The maximum absolute atomic E-state index is 14.9. The minimum atomic E-state index is -4.08. The number of sulfonamides is 2. The third-order valence-corrected chi connectivity index (χ3v) is 15.8. The molecule has 19 nitrogen and oxygen atoms in total. The van der Waals surface area contributed by atoms with Crippen LogP contribution in [0.3, 0.4) is 0 Å². The Labute approximate surface area is 450 Å². The molecule has 394 valence electrons. The summed E-state index contributed by atoms with van der Waals surface area (Å²) < 4.78 is 96.4. The van der Waals surface area contributed by atoms with Gasteiger partial charge < -0.3 is 30.7 Å². The molecule has 0 aliphatic carbocycles. The van der Waals surface area contributed by atoms with Crippen molar-refractivity contribution in [1.82, 2.24) is 45.5 Å². The Kier molecular flexibility index (Phi) is 17.4. The standard InChI is InChI=1S/C26H25ClFN7O3S.C24H22ClFN6O3S2/c27-20-6-2-1-4-17(20)16-39(36,37)35-22-8-7-19(14-21(22)28)38-25-24(30-12-13-31-25)23-9-11-32-26(34-23)33-18-5-3-10-29-15-18;25-17-5-1-2-6-21(17)37(33,34)32-19-8-7-16(12-18(19)26)35-23-22(36-14-29-23)20-9-11-28-24(31-20)30-15-4-3-10-27-13-15/h1-2,4,6-9,11-14,18,29,35H,3,5,10,15-16H2,(H,32,33,34);1-2,5-9,11-12,14-15,27,32H,3-4,10,13H2,(H,28,30,31)/t18-;15-/m00/s1. The lowest BCUT2D eigenvalue weighted by molar-refractivity contribution is 0.457. The number of benzene rings is 4. The highest BCUT2D eigenvalue weighted by molar-refractivity contribution is 7.93. The normalized spacial score (nSPS) is 15.6. The van der Waals surface area contributed by atoms with Crippen LogP contribution >= 0.6 is 34.5 Å². The molecular weight excluding hydrogens is 1080 g/mol. The van der Waals surface area contributed by atoms with E-state index >= 15 is 0 Å². The molecule has 10 rings (SSSR count). The second kappa shape index (κ2) is 24.7. The number of nitrogens with one attached hydrogen (secondary N) is 6. The molecule has 2 aliphatic heterocycles. The Balaban J connectivity index is 0.000000186. The Hall–Kier alpha value is -7.19. The summed E-state index contributed by atoms with van der Waals surface area (Å²) in [5.41, 5.74) is 2.97. The maximum Gasteiger partial charge on any atom is 0.263 e. The highest BCUT2D eigenvalue weighted by Gasteiger charge is 2.23. The number of ether oxygens (including phenoxy) is 2. The molecule has 2 aliphatic rings. The molecule has 0 unspecified atom stereocenters. The van der Waals surface area contributed by atoms with Gasteiger partial charge >= 0.3 is 0 Å². The van der Waals surface area contributed by atoms with E-state index in [4.69, 9.17) is 32.7 Å². The van der Waals surface area contributed by atoms with Gasteiger partial charge in [-0.2, -0.15) is 0 Å². The van der Waals surface area contributed by atoms with Crippen molar-refractivity contribution >= 4 is 77.9 Å². The number of anilines is 4. The highest BCUT2D eigenvalue weighted by Crippen LogP contribution is 2.37. The van der Waals surface area contributed by atoms with Gasteiger partial charge in [0.1, 0.15) is 21.3 Å². The number of halogens is 4. The maximum atomic E-state index is 14.9. The second-order valence-corrected chi connectivity index (χ2v) is 22.1. The first-order valence-electron chi connectivity index (χ1n) is 23.6. The third-order valence-electron chi connectivity index (χ3n) is 11.5. The quantitative estimate of drug-likeness (QED) is 0.0496. The molecule has 2 atom stereocenters. The SMILES string of the molecule is O=S(=O)(Cc1ccccc1Cl)Nc1ccc(Oc2nccnc2-c2ccnc(N[C@H]3CCCNC3)n2)cc1F.O=S(=O)(Nc1ccc(Oc2ncsc2-c2ccnc(N[C@H]3CCCNC3)n2)cc1F)c1ccccc1Cl. The molecule has 0 spiro atoms. The van der Waals surface area contributed by atoms with Gasteiger partial charge in [-0.15, -0.1) is 11.3 Å². The van der Waals surface area contributed by atoms with Gasteiger partial charge in [-0.05, 0) is 98.9 Å². The number of rotatable bonds is 17. The molecule has 2 fully saturated rings. The molecule has 4 aromatic heterocycles. The zero-order valence-electron chi connectivity index (χ0n) is 40.0. The van der Waals surface area contributed by atoms with E-state index < -0.39 is 37.4 Å². The molecule has 0 bridgehead atoms. The molecule has 8 aromatic rings. The van der Waals surface area contributed by atoms with E-state index in [0.29, 0.717) is 44.4 Å². The molecule has 0 saturated carbocycles. The number of hydrogen-bond acceptors (Lipinski definition) is 18. The Bertz CT molecular complexity index is 3540. The van der Waals surface area contributed by atoms with E-state index in [1.54, 1.807) is 60.4 Å². The predicted molar refractivity (Wildman–Crippen MR) is 288 cm³/mol. The first-order chi connectivity index (χ1) is 36.7. The Morgan fingerprint density at radius 1 is 0.632 bits per heavy atom. The van der Waals surface area contributed by atoms with Gasteiger partial charge in [0.2, 0.25) is 33.7 Å². The van der Waals surface area contributed by atoms with Crippen molar-refractivity contribution in [2.45, 2.75) is 48.4 Å². The molecule has 2 saturated heterocycles. The average molecular weight is 1130 g/mol. The molecule has 0 amide bonds. The molecule has 4 aromatic carbocycles. The molecule has 76 heavy (non-hydrogen) atoms. The van der Waals surface area contributed by atoms with Gasteiger partial charge in [0.25, 0.3) is 10.0 Å². The first-order valence-corrected chi connectivity index (χ1v) is 28.3. The van der Waals surface area contributed by atoms with Gasteiger partial charge in [0, 0.05) is 67.1 Å². The lowest BCUT2D eigenvalue weighted by Gasteiger charge is -2.23. The highest BCUT2D eigenvalue weighted by atomic mass is 35.5. The zero-order valence-corrected chi connectivity index (χ0v) is 43.9. The summed E-state index contributed by atoms with van der Waals surface area (Å²) in [6.07, 6.45) is 10.4. The van der Waals surface area contributed by atoms with Gasteiger partial charge in [-0.3, -0.25) is 9.44 Å². The summed E-state index contributed by atoms with van der Waals surface area (Å²) in [6, 6.07) is 23.9. The van der Waals surface area contributed by atoms with E-state index in [1.165, 1.54) is 66.2 Å². The van der Waals surface area contributed by atoms with Crippen LogP contribution in [0.2, 0.25) is 10.0 Å². The number of aromatic nitrogens is 7. The number of thiazole rings is 1. The topological polar surface area (TPSA) is 249 Å². The van der Waals surface area contributed by atoms with Crippen LogP contribution in [0.15, 0.2) is 132 Å². The molecule has 26 heteroatoms. The predicted octanol–water partition coefficient (Wildman–Crippen LogP) is 9.77. The summed E-state index contributed by atoms with van der Waals surface area (Å²) in [5, 5.41) is 13.7. The summed E-state index contributed by atoms with van der Waals surface area (Å²) in [6.45, 7) is 3.67. The first kappa shape index (κ1) is 53.6. The molecular formula is C50H47Cl2F2N13O6S3. The van der Waals surface area contributed by atoms with Crippen molar-refractivity contribution in [2.75, 3.05) is 46.3 Å². The van der Waals surface area contributed by atoms with Crippen molar-refractivity contribution in [3.05, 3.63) is 155 Å². The van der Waals surface area contributed by atoms with E-state index in [0.717, 1.165) is 64.0 Å². The average Bonchev–Trinajstić information content (AvgIpc) is 3.88. The van der Waals surface area contributed by atoms with Gasteiger partial charge in [-0.25, -0.2) is 60.5 Å². The summed E-state index contributed by atoms with van der Waals surface area (Å²) in [4.78, 5) is 31.1. The van der Waals surface area contributed by atoms with Gasteiger partial charge in [-0.1, -0.05) is 53.5 Å². The van der Waals surface area contributed by atoms with Gasteiger partial charge in [0.15, 0.2) is 17.3 Å². The smallest absolute Gasteiger partial charge is 0.263 e. The van der Waals surface area contributed by atoms with E-state index in [2.05, 4.69) is 65.6 Å². The minimum Gasteiger partial charge on any atom is -0.437 e. The Morgan fingerprint density at radius 3 is 1.83 bits per heavy atom. The van der Waals surface area contributed by atoms with Crippen LogP contribution in [0.1, 0.15) is 31.2 Å². The lowest BCUT2D eigenvalue weighted by Crippen LogP contribution is -2.38. The van der Waals surface area contributed by atoms with Crippen LogP contribution < -0.4 is 40.2 Å². The number of hydrogen-bond donors (Lipinski definition) is 6. The minimum absolute atomic E-state index is 0.0323. The summed E-state index contributed by atoms with van der Waals surface area (Å²) in [7, 11) is -8.01. The third kappa shape index (κ3) is 14.2. The largest absolute Gasteiger partial charge is 0.437 e. The van der Waals surface area contributed by atoms with Crippen molar-refractivity contribution in [3.63, 3.8) is 0 Å². The number of nitrogens with zero attached hydrogens (tertiary/aromatic N) is 7. The van der Waals surface area contributed by atoms with Crippen molar-refractivity contribution in [1.29, 1.82) is 0 Å². The van der Waals surface area contributed by atoms with E-state index in [9.17, 15) is 25.6 Å². The number of piperidine rings is 2. The molecule has 0 radical (unpaired) electrons. The van der Waals surface area contributed by atoms with Crippen LogP contribution in [-0.2, 0) is 25.8 Å². The van der Waals surface area contributed by atoms with Crippen molar-refractivity contribution < 1.29 is 35.1 Å². The van der Waals surface area contributed by atoms with Crippen LogP contribution in [0.5, 0.6) is 23.3 Å². The van der Waals surface area contributed by atoms with E-state index in [1.807, 2.05) is 0 Å². The van der Waals surface area contributed by atoms with Crippen LogP contribution in [0, 0.1) is 11.6 Å².